The molecule has 0 spiro atoms. The summed E-state index contributed by atoms with van der Waals surface area (Å²) >= 11 is 0. The highest BCUT2D eigenvalue weighted by atomic mass is 16.5. The van der Waals surface area contributed by atoms with Gasteiger partial charge >= 0.3 is 11.9 Å². The molecule has 1 atom stereocenters. The predicted molar refractivity (Wildman–Crippen MR) is 227 cm³/mol. The van der Waals surface area contributed by atoms with E-state index in [2.05, 4.69) is 26.0 Å². The second kappa shape index (κ2) is 44.1. The van der Waals surface area contributed by atoms with Crippen molar-refractivity contribution in [3.63, 3.8) is 0 Å². The lowest BCUT2D eigenvalue weighted by Gasteiger charge is -2.18. The molecule has 52 heavy (non-hydrogen) atoms. The summed E-state index contributed by atoms with van der Waals surface area (Å²) in [6, 6.07) is 0. The van der Waals surface area contributed by atoms with Crippen LogP contribution in [0.3, 0.4) is 0 Å². The van der Waals surface area contributed by atoms with E-state index in [1.165, 1.54) is 212 Å². The van der Waals surface area contributed by atoms with Gasteiger partial charge in [-0.15, -0.1) is 0 Å². The Hall–Kier alpha value is -1.32. The molecule has 0 rings (SSSR count). The summed E-state index contributed by atoms with van der Waals surface area (Å²) in [5.74, 6) is -0.617. The van der Waals surface area contributed by atoms with Gasteiger partial charge in [0, 0.05) is 12.8 Å². The minimum absolute atomic E-state index is 0.0483. The zero-order valence-electron chi connectivity index (χ0n) is 35.4. The minimum Gasteiger partial charge on any atom is -0.481 e. The maximum atomic E-state index is 12.7. The fourth-order valence-corrected chi connectivity index (χ4v) is 7.48. The number of carbonyl (C=O) groups is 2. The monoisotopic (exact) mass is 733 g/mol. The zero-order chi connectivity index (χ0) is 37.8. The van der Waals surface area contributed by atoms with E-state index in [0.717, 1.165) is 38.5 Å². The number of hydrogen-bond acceptors (Lipinski definition) is 3. The van der Waals surface area contributed by atoms with Gasteiger partial charge in [0.25, 0.3) is 0 Å². The van der Waals surface area contributed by atoms with E-state index in [1.54, 1.807) is 0 Å². The lowest BCUT2D eigenvalue weighted by atomic mass is 10.0. The van der Waals surface area contributed by atoms with Crippen molar-refractivity contribution >= 4 is 11.9 Å². The van der Waals surface area contributed by atoms with Crippen LogP contribution in [0.5, 0.6) is 0 Å². The molecule has 1 N–H and O–H groups in total. The van der Waals surface area contributed by atoms with Crippen molar-refractivity contribution in [1.29, 1.82) is 0 Å². The van der Waals surface area contributed by atoms with Gasteiger partial charge in [-0.3, -0.25) is 9.59 Å². The molecular weight excluding hydrogens is 641 g/mol. The van der Waals surface area contributed by atoms with E-state index in [-0.39, 0.29) is 12.1 Å². The minimum atomic E-state index is -0.665. The van der Waals surface area contributed by atoms with Crippen molar-refractivity contribution in [3.05, 3.63) is 12.2 Å². The van der Waals surface area contributed by atoms with Crippen LogP contribution in [0.2, 0.25) is 0 Å². The molecule has 0 bridgehead atoms. The van der Waals surface area contributed by atoms with E-state index in [9.17, 15) is 9.59 Å². The molecule has 0 saturated heterocycles. The van der Waals surface area contributed by atoms with Crippen LogP contribution in [0.15, 0.2) is 12.2 Å². The third-order valence-corrected chi connectivity index (χ3v) is 11.0. The fraction of sp³-hybridized carbons (Fsp3) is 0.917. The van der Waals surface area contributed by atoms with Crippen LogP contribution < -0.4 is 0 Å². The smallest absolute Gasteiger partial charge is 0.306 e. The van der Waals surface area contributed by atoms with Crippen molar-refractivity contribution in [2.75, 3.05) is 0 Å². The predicted octanol–water partition coefficient (Wildman–Crippen LogP) is 16.6. The molecular formula is C48H92O4. The normalized spacial score (nSPS) is 12.2. The molecule has 0 aliphatic carbocycles. The van der Waals surface area contributed by atoms with Gasteiger partial charge in [0.15, 0.2) is 0 Å². The molecule has 0 aromatic rings. The number of ether oxygens (including phenoxy) is 1. The molecule has 0 amide bonds. The summed E-state index contributed by atoms with van der Waals surface area (Å²) in [5, 5.41) is 8.70. The van der Waals surface area contributed by atoms with E-state index >= 15 is 0 Å². The summed E-state index contributed by atoms with van der Waals surface area (Å²) in [6.45, 7) is 4.55. The van der Waals surface area contributed by atoms with E-state index in [1.807, 2.05) is 0 Å². The van der Waals surface area contributed by atoms with Gasteiger partial charge in [-0.05, 0) is 64.2 Å². The molecule has 0 heterocycles. The average molecular weight is 733 g/mol. The number of allylic oxidation sites excluding steroid dienone is 2. The van der Waals surface area contributed by atoms with Crippen LogP contribution >= 0.6 is 0 Å². The Bertz CT molecular complexity index is 747. The number of esters is 1. The summed E-state index contributed by atoms with van der Waals surface area (Å²) in [7, 11) is 0. The Labute approximate surface area is 325 Å². The Kier molecular flexibility index (Phi) is 43.0. The third kappa shape index (κ3) is 43.1. The SMILES string of the molecule is CCCCCCCC/C=C\CCCCCCCCCCCCCC(=O)OC(CCCCCCC)CCCCCCCCCCCCCCCC(=O)O. The number of carboxylic acids is 1. The second-order valence-corrected chi connectivity index (χ2v) is 16.3. The molecule has 0 aromatic carbocycles. The summed E-state index contributed by atoms with van der Waals surface area (Å²) < 4.78 is 6.06. The zero-order valence-corrected chi connectivity index (χ0v) is 35.4. The standard InChI is InChI=1S/C48H92O4/c1-3-5-7-9-10-11-12-13-14-15-16-17-18-19-20-24-27-30-33-37-41-45-48(51)52-46(42-38-34-8-6-4-2)43-39-35-31-28-25-22-21-23-26-29-32-36-40-44-47(49)50/h13-14,46H,3-12,15-45H2,1-2H3,(H,49,50)/b14-13-. The molecule has 1 unspecified atom stereocenters. The first kappa shape index (κ1) is 50.7. The first-order chi connectivity index (χ1) is 25.6. The van der Waals surface area contributed by atoms with Crippen molar-refractivity contribution in [2.45, 2.75) is 283 Å². The molecule has 0 aromatic heterocycles. The van der Waals surface area contributed by atoms with Gasteiger partial charge in [0.05, 0.1) is 0 Å². The van der Waals surface area contributed by atoms with Gasteiger partial charge in [-0.1, -0.05) is 212 Å². The van der Waals surface area contributed by atoms with Gasteiger partial charge in [-0.25, -0.2) is 0 Å². The van der Waals surface area contributed by atoms with Crippen LogP contribution in [0, 0.1) is 0 Å². The van der Waals surface area contributed by atoms with E-state index in [0.29, 0.717) is 12.8 Å². The Morgan fingerprint density at radius 3 is 1.04 bits per heavy atom. The van der Waals surface area contributed by atoms with Gasteiger partial charge in [-0.2, -0.15) is 0 Å². The van der Waals surface area contributed by atoms with Crippen LogP contribution in [-0.2, 0) is 14.3 Å². The third-order valence-electron chi connectivity index (χ3n) is 11.0. The van der Waals surface area contributed by atoms with Crippen molar-refractivity contribution in [3.8, 4) is 0 Å². The van der Waals surface area contributed by atoms with Gasteiger partial charge in [0.1, 0.15) is 6.10 Å². The topological polar surface area (TPSA) is 63.6 Å². The number of carboxylic acid groups (broad SMARTS) is 1. The molecule has 4 nitrogen and oxygen atoms in total. The van der Waals surface area contributed by atoms with E-state index < -0.39 is 5.97 Å². The van der Waals surface area contributed by atoms with Gasteiger partial charge < -0.3 is 9.84 Å². The number of unbranched alkanes of at least 4 members (excludes halogenated alkanes) is 33. The first-order valence-corrected chi connectivity index (χ1v) is 23.7. The van der Waals surface area contributed by atoms with Gasteiger partial charge in [0.2, 0.25) is 0 Å². The quantitative estimate of drug-likeness (QED) is 0.0385. The second-order valence-electron chi connectivity index (χ2n) is 16.3. The number of rotatable bonds is 44. The fourth-order valence-electron chi connectivity index (χ4n) is 7.48. The average Bonchev–Trinajstić information content (AvgIpc) is 3.13. The highest BCUT2D eigenvalue weighted by Gasteiger charge is 2.14. The van der Waals surface area contributed by atoms with Crippen molar-refractivity contribution in [2.24, 2.45) is 0 Å². The first-order valence-electron chi connectivity index (χ1n) is 23.7. The van der Waals surface area contributed by atoms with Crippen LogP contribution in [0.1, 0.15) is 277 Å². The van der Waals surface area contributed by atoms with Crippen LogP contribution in [0.4, 0.5) is 0 Å². The van der Waals surface area contributed by atoms with E-state index in [4.69, 9.17) is 9.84 Å². The largest absolute Gasteiger partial charge is 0.481 e. The summed E-state index contributed by atoms with van der Waals surface area (Å²) in [5.41, 5.74) is 0. The van der Waals surface area contributed by atoms with Crippen molar-refractivity contribution < 1.29 is 19.4 Å². The summed E-state index contributed by atoms with van der Waals surface area (Å²) in [4.78, 5) is 23.3. The van der Waals surface area contributed by atoms with Crippen LogP contribution in [-0.4, -0.2) is 23.1 Å². The summed E-state index contributed by atoms with van der Waals surface area (Å²) in [6.07, 6.45) is 55.7. The van der Waals surface area contributed by atoms with Crippen molar-refractivity contribution in [1.82, 2.24) is 0 Å². The van der Waals surface area contributed by atoms with Crippen LogP contribution in [0.25, 0.3) is 0 Å². The highest BCUT2D eigenvalue weighted by Crippen LogP contribution is 2.19. The molecule has 308 valence electrons. The molecule has 0 aliphatic rings. The lowest BCUT2D eigenvalue weighted by molar-refractivity contribution is -0.150. The maximum absolute atomic E-state index is 12.7. The lowest BCUT2D eigenvalue weighted by Crippen LogP contribution is -2.18. The maximum Gasteiger partial charge on any atom is 0.306 e. The Morgan fingerprint density at radius 2 is 0.692 bits per heavy atom. The molecule has 0 aliphatic heterocycles. The molecule has 0 fully saturated rings. The molecule has 0 saturated carbocycles. The number of carbonyl (C=O) groups excluding carboxylic acids is 1. The number of hydrogen-bond donors (Lipinski definition) is 1. The molecule has 0 radical (unpaired) electrons. The molecule has 4 heteroatoms. The Balaban J connectivity index is 3.76. The number of aliphatic carboxylic acids is 1. The highest BCUT2D eigenvalue weighted by molar-refractivity contribution is 5.69. The Morgan fingerprint density at radius 1 is 0.404 bits per heavy atom.